The Kier molecular flexibility index (Phi) is 3.66. The fourth-order valence-corrected chi connectivity index (χ4v) is 3.40. The first-order valence-corrected chi connectivity index (χ1v) is 8.43. The summed E-state index contributed by atoms with van der Waals surface area (Å²) in [5.41, 5.74) is 4.91. The van der Waals surface area contributed by atoms with Crippen molar-refractivity contribution in [3.63, 3.8) is 0 Å². The Morgan fingerprint density at radius 3 is 3.14 bits per heavy atom. The highest BCUT2D eigenvalue weighted by Gasteiger charge is 2.61. The van der Waals surface area contributed by atoms with Crippen LogP contribution < -0.4 is 11.4 Å². The molecule has 0 amide bonds. The third kappa shape index (κ3) is 2.45. The highest BCUT2D eigenvalue weighted by atomic mass is 31.2. The topological polar surface area (TPSA) is 97.8 Å². The van der Waals surface area contributed by atoms with E-state index in [4.69, 9.17) is 25.6 Å². The average Bonchev–Trinajstić information content (AvgIpc) is 3.03. The molecule has 2 bridgehead atoms. The second kappa shape index (κ2) is 5.54. The van der Waals surface area contributed by atoms with Gasteiger partial charge in [0.1, 0.15) is 23.6 Å². The van der Waals surface area contributed by atoms with Crippen LogP contribution >= 0.6 is 8.38 Å². The van der Waals surface area contributed by atoms with E-state index in [-0.39, 0.29) is 19.3 Å². The summed E-state index contributed by atoms with van der Waals surface area (Å²) in [5.74, 6) is 0.190. The van der Waals surface area contributed by atoms with Crippen molar-refractivity contribution in [3.05, 3.63) is 22.2 Å². The molecule has 4 unspecified atom stereocenters. The van der Waals surface area contributed by atoms with Crippen LogP contribution in [0.1, 0.15) is 20.1 Å². The number of nitrogens with zero attached hydrogens (tertiary/aromatic N) is 2. The fourth-order valence-electron chi connectivity index (χ4n) is 2.68. The zero-order valence-electron chi connectivity index (χ0n) is 13.7. The van der Waals surface area contributed by atoms with E-state index in [9.17, 15) is 4.79 Å². The molecule has 2 saturated heterocycles. The molecule has 0 aromatic carbocycles. The summed E-state index contributed by atoms with van der Waals surface area (Å²) in [4.78, 5) is 16.0. The van der Waals surface area contributed by atoms with E-state index >= 15 is 0 Å². The Labute approximate surface area is 130 Å². The van der Waals surface area contributed by atoms with E-state index in [0.717, 1.165) is 0 Å². The van der Waals surface area contributed by atoms with Crippen molar-refractivity contribution in [2.75, 3.05) is 26.1 Å². The summed E-state index contributed by atoms with van der Waals surface area (Å²) >= 11 is 0. The Hall–Kier alpha value is -1.05. The van der Waals surface area contributed by atoms with E-state index < -0.39 is 38.1 Å². The van der Waals surface area contributed by atoms with Gasteiger partial charge in [0.05, 0.1) is 6.61 Å². The van der Waals surface area contributed by atoms with Crippen LogP contribution in [0.5, 0.6) is 0 Å². The average molecular weight is 330 g/mol. The maximum absolute atomic E-state index is 12.2. The first kappa shape index (κ1) is 14.5. The molecule has 122 valence electrons. The molecule has 22 heavy (non-hydrogen) atoms. The van der Waals surface area contributed by atoms with Crippen molar-refractivity contribution in [2.24, 2.45) is 0 Å². The number of aromatic nitrogens is 2. The molecule has 0 radical (unpaired) electrons. The third-order valence-corrected chi connectivity index (χ3v) is 4.98. The van der Waals surface area contributed by atoms with Crippen LogP contribution in [0.15, 0.2) is 11.0 Å². The zero-order chi connectivity index (χ0) is 16.8. The highest BCUT2D eigenvalue weighted by molar-refractivity contribution is 7.46. The number of hydrogen-bond acceptors (Lipinski definition) is 7. The van der Waals surface area contributed by atoms with Crippen LogP contribution in [0.4, 0.5) is 5.82 Å². The molecule has 5 atom stereocenters. The Balaban J connectivity index is 1.95. The van der Waals surface area contributed by atoms with E-state index in [1.54, 1.807) is 20.2 Å². The summed E-state index contributed by atoms with van der Waals surface area (Å²) in [6.07, 6.45) is -0.0634. The molecule has 2 fully saturated rings. The lowest BCUT2D eigenvalue weighted by Gasteiger charge is -2.28. The largest absolute Gasteiger partial charge is 0.383 e. The lowest BCUT2D eigenvalue weighted by atomic mass is 10.0. The molecule has 0 spiro atoms. The van der Waals surface area contributed by atoms with E-state index in [2.05, 4.69) is 4.98 Å². The maximum Gasteiger partial charge on any atom is 0.351 e. The molecule has 0 saturated carbocycles. The van der Waals surface area contributed by atoms with Gasteiger partial charge in [0.15, 0.2) is 14.6 Å². The number of nitrogen functional groups attached to an aromatic ring is 1. The second-order valence-electron chi connectivity index (χ2n) is 5.50. The van der Waals surface area contributed by atoms with Gasteiger partial charge in [0.2, 0.25) is 0 Å². The van der Waals surface area contributed by atoms with Crippen molar-refractivity contribution in [2.45, 2.75) is 37.9 Å². The van der Waals surface area contributed by atoms with Crippen molar-refractivity contribution in [1.29, 1.82) is 0 Å². The number of fused-ring (bicyclic) bond motifs is 2. The molecule has 3 heterocycles. The number of ether oxygens (including phenoxy) is 2. The van der Waals surface area contributed by atoms with Crippen molar-refractivity contribution in [3.8, 4) is 0 Å². The summed E-state index contributed by atoms with van der Waals surface area (Å²) in [5, 5.41) is 0. The molecular weight excluding hydrogens is 309 g/mol. The van der Waals surface area contributed by atoms with Crippen molar-refractivity contribution < 1.29 is 19.9 Å². The van der Waals surface area contributed by atoms with Crippen LogP contribution in [-0.2, 0) is 18.5 Å². The SMILES string of the molecule is [2H]CC12COC(C(n3cc(C)c(N)nc3=O)O1)[C@H]2OP(C)OC. The van der Waals surface area contributed by atoms with Crippen LogP contribution in [0.25, 0.3) is 0 Å². The minimum absolute atomic E-state index is 0.0340. The highest BCUT2D eigenvalue weighted by Crippen LogP contribution is 2.50. The summed E-state index contributed by atoms with van der Waals surface area (Å²) in [6, 6.07) is 0. The van der Waals surface area contributed by atoms with Gasteiger partial charge in [-0.05, 0) is 13.8 Å². The first-order chi connectivity index (χ1) is 10.9. The lowest BCUT2D eigenvalue weighted by molar-refractivity contribution is -0.167. The predicted octanol–water partition coefficient (Wildman–Crippen LogP) is 0.794. The van der Waals surface area contributed by atoms with Crippen LogP contribution in [0.3, 0.4) is 0 Å². The fraction of sp³-hybridized carbons (Fsp3) is 0.692. The molecule has 2 aliphatic heterocycles. The van der Waals surface area contributed by atoms with Gasteiger partial charge in [0.25, 0.3) is 0 Å². The van der Waals surface area contributed by atoms with Gasteiger partial charge < -0.3 is 24.3 Å². The van der Waals surface area contributed by atoms with Gasteiger partial charge >= 0.3 is 5.69 Å². The number of nitrogens with two attached hydrogens (primary N) is 1. The Bertz CT molecular complexity index is 659. The number of aryl methyl sites for hydroxylation is 1. The molecule has 8 nitrogen and oxygen atoms in total. The molecule has 1 aromatic heterocycles. The Morgan fingerprint density at radius 2 is 2.45 bits per heavy atom. The molecular formula is C13H20N3O5P. The molecule has 1 aromatic rings. The smallest absolute Gasteiger partial charge is 0.351 e. The molecule has 0 aliphatic carbocycles. The Morgan fingerprint density at radius 1 is 1.68 bits per heavy atom. The zero-order valence-corrected chi connectivity index (χ0v) is 13.6. The van der Waals surface area contributed by atoms with Crippen LogP contribution in [0.2, 0.25) is 0 Å². The van der Waals surface area contributed by atoms with Crippen molar-refractivity contribution in [1.82, 2.24) is 9.55 Å². The molecule has 2 aliphatic rings. The normalized spacial score (nSPS) is 35.6. The van der Waals surface area contributed by atoms with Gasteiger partial charge in [-0.2, -0.15) is 4.98 Å². The van der Waals surface area contributed by atoms with E-state index in [1.165, 1.54) is 4.57 Å². The lowest BCUT2D eigenvalue weighted by Crippen LogP contribution is -2.38. The van der Waals surface area contributed by atoms with Gasteiger partial charge in [-0.3, -0.25) is 4.57 Å². The third-order valence-electron chi connectivity index (χ3n) is 3.94. The van der Waals surface area contributed by atoms with Crippen LogP contribution in [-0.4, -0.2) is 47.7 Å². The minimum atomic E-state index is -1.11. The summed E-state index contributed by atoms with van der Waals surface area (Å²) in [6.45, 7) is 3.80. The molecule has 2 N–H and O–H groups in total. The van der Waals surface area contributed by atoms with Gasteiger partial charge in [0, 0.05) is 26.9 Å². The minimum Gasteiger partial charge on any atom is -0.383 e. The predicted molar refractivity (Wildman–Crippen MR) is 80.6 cm³/mol. The van der Waals surface area contributed by atoms with E-state index in [0.29, 0.717) is 5.56 Å². The number of anilines is 1. The maximum atomic E-state index is 12.2. The number of rotatable bonds is 4. The molecule has 9 heteroatoms. The second-order valence-corrected chi connectivity index (χ2v) is 6.95. The van der Waals surface area contributed by atoms with E-state index in [1.807, 2.05) is 6.66 Å². The summed E-state index contributed by atoms with van der Waals surface area (Å²) in [7, 11) is 0.449. The van der Waals surface area contributed by atoms with Gasteiger partial charge in [-0.25, -0.2) is 4.79 Å². The van der Waals surface area contributed by atoms with Crippen molar-refractivity contribution >= 4 is 14.2 Å². The van der Waals surface area contributed by atoms with Gasteiger partial charge in [-0.1, -0.05) is 0 Å². The van der Waals surface area contributed by atoms with Gasteiger partial charge in [-0.15, -0.1) is 0 Å². The molecule has 3 rings (SSSR count). The number of hydrogen-bond donors (Lipinski definition) is 1. The first-order valence-electron chi connectivity index (χ1n) is 7.51. The standard InChI is InChI=1S/C13H20N3O5P/c1-7-5-16(12(17)15-10(7)14)11-8-9(21-22(4)18-3)13(2,20-11)6-19-8/h5,8-9,11H,6H2,1-4H3,(H2,14,15,17)/t8?,9-,11?,13?,22?/m1/s1/i2D. The summed E-state index contributed by atoms with van der Waals surface area (Å²) < 4.78 is 32.1. The monoisotopic (exact) mass is 330 g/mol. The van der Waals surface area contributed by atoms with Crippen LogP contribution in [0, 0.1) is 6.92 Å². The quantitative estimate of drug-likeness (QED) is 0.815.